The van der Waals surface area contributed by atoms with E-state index in [0.29, 0.717) is 0 Å². The molecule has 174 valence electrons. The predicted molar refractivity (Wildman–Crippen MR) is 147 cm³/mol. The van der Waals surface area contributed by atoms with Crippen molar-refractivity contribution in [3.63, 3.8) is 0 Å². The summed E-state index contributed by atoms with van der Waals surface area (Å²) in [5.41, 5.74) is 3.53. The van der Waals surface area contributed by atoms with Crippen LogP contribution in [0.5, 0.6) is 11.5 Å². The number of benzene rings is 1. The highest BCUT2D eigenvalue weighted by Gasteiger charge is 2.20. The van der Waals surface area contributed by atoms with E-state index >= 15 is 0 Å². The summed E-state index contributed by atoms with van der Waals surface area (Å²) in [5.74, 6) is 5.52. The fraction of sp³-hybridized carbons (Fsp3) is 0.556. The third kappa shape index (κ3) is 6.76. The predicted octanol–water partition coefficient (Wildman–Crippen LogP) is 9.26. The van der Waals surface area contributed by atoms with Crippen LogP contribution in [0.15, 0.2) is 17.5 Å². The van der Waals surface area contributed by atoms with Crippen molar-refractivity contribution in [3.8, 4) is 23.0 Å². The molecule has 3 rings (SSSR count). The van der Waals surface area contributed by atoms with Gasteiger partial charge in [-0.05, 0) is 30.4 Å². The van der Waals surface area contributed by atoms with Crippen LogP contribution in [0.3, 0.4) is 0 Å². The SMILES string of the molecule is CCCCCCOc1c2cc(C#C[Si](C)(C)C)sc2c(OCCCCCC)c2ccsc12. The molecule has 0 fully saturated rings. The standard InChI is InChI=1S/C27H38O2S2Si/c1-6-8-10-12-16-28-24-22-14-18-30-26(22)25(29-17-13-11-9-7-2)23-20-21(31-27(23)24)15-19-32(3,4)5/h14,18,20H,6-13,16-17H2,1-5H3. The molecule has 0 bridgehead atoms. The summed E-state index contributed by atoms with van der Waals surface area (Å²) >= 11 is 3.52. The van der Waals surface area contributed by atoms with Crippen molar-refractivity contribution in [1.29, 1.82) is 0 Å². The maximum Gasteiger partial charge on any atom is 0.146 e. The highest BCUT2D eigenvalue weighted by molar-refractivity contribution is 7.21. The van der Waals surface area contributed by atoms with Crippen LogP contribution in [0.25, 0.3) is 20.2 Å². The molecule has 0 spiro atoms. The average Bonchev–Trinajstić information content (AvgIpc) is 3.40. The van der Waals surface area contributed by atoms with E-state index in [9.17, 15) is 0 Å². The van der Waals surface area contributed by atoms with Crippen LogP contribution >= 0.6 is 22.7 Å². The molecule has 5 heteroatoms. The summed E-state index contributed by atoms with van der Waals surface area (Å²) in [6, 6.07) is 4.43. The van der Waals surface area contributed by atoms with Crippen molar-refractivity contribution in [2.45, 2.75) is 84.9 Å². The first-order valence-electron chi connectivity index (χ1n) is 12.2. The Morgan fingerprint density at radius 3 is 2.03 bits per heavy atom. The van der Waals surface area contributed by atoms with Crippen molar-refractivity contribution >= 4 is 50.9 Å². The Hall–Kier alpha value is -1.48. The molecule has 2 heterocycles. The Morgan fingerprint density at radius 2 is 1.44 bits per heavy atom. The summed E-state index contributed by atoms with van der Waals surface area (Å²) in [4.78, 5) is 1.12. The van der Waals surface area contributed by atoms with Gasteiger partial charge in [0.25, 0.3) is 0 Å². The average molecular weight is 487 g/mol. The Kier molecular flexibility index (Phi) is 9.52. The highest BCUT2D eigenvalue weighted by Crippen LogP contribution is 2.48. The molecule has 32 heavy (non-hydrogen) atoms. The van der Waals surface area contributed by atoms with Crippen molar-refractivity contribution in [1.82, 2.24) is 0 Å². The Balaban J connectivity index is 1.98. The molecule has 0 saturated carbocycles. The molecule has 0 atom stereocenters. The lowest BCUT2D eigenvalue weighted by molar-refractivity contribution is 0.307. The van der Waals surface area contributed by atoms with Crippen molar-refractivity contribution in [2.75, 3.05) is 13.2 Å². The Morgan fingerprint density at radius 1 is 0.812 bits per heavy atom. The summed E-state index contributed by atoms with van der Waals surface area (Å²) in [6.45, 7) is 12.9. The summed E-state index contributed by atoms with van der Waals surface area (Å²) < 4.78 is 15.3. The van der Waals surface area contributed by atoms with E-state index in [4.69, 9.17) is 9.47 Å². The number of fused-ring (bicyclic) bond motifs is 2. The number of rotatable bonds is 12. The monoisotopic (exact) mass is 486 g/mol. The number of ether oxygens (including phenoxy) is 2. The van der Waals surface area contributed by atoms with Gasteiger partial charge < -0.3 is 9.47 Å². The zero-order valence-electron chi connectivity index (χ0n) is 20.4. The van der Waals surface area contributed by atoms with Gasteiger partial charge in [0, 0.05) is 10.8 Å². The van der Waals surface area contributed by atoms with Gasteiger partial charge in [0.1, 0.15) is 19.6 Å². The number of thiophene rings is 2. The second-order valence-electron chi connectivity index (χ2n) is 9.49. The van der Waals surface area contributed by atoms with Gasteiger partial charge in [0.15, 0.2) is 0 Å². The molecule has 1 aromatic carbocycles. The normalized spacial score (nSPS) is 11.7. The maximum atomic E-state index is 6.43. The van der Waals surface area contributed by atoms with Gasteiger partial charge in [0.2, 0.25) is 0 Å². The van der Waals surface area contributed by atoms with Crippen LogP contribution in [0.4, 0.5) is 0 Å². The van der Waals surface area contributed by atoms with E-state index in [2.05, 4.69) is 62.5 Å². The van der Waals surface area contributed by atoms with Crippen molar-refractivity contribution < 1.29 is 9.47 Å². The van der Waals surface area contributed by atoms with Gasteiger partial charge >= 0.3 is 0 Å². The molecule has 0 amide bonds. The fourth-order valence-corrected chi connectivity index (χ4v) is 6.17. The summed E-state index contributed by atoms with van der Waals surface area (Å²) in [7, 11) is -1.43. The van der Waals surface area contributed by atoms with Crippen LogP contribution in [0.1, 0.15) is 70.1 Å². The van der Waals surface area contributed by atoms with Gasteiger partial charge in [-0.2, -0.15) is 0 Å². The molecular formula is C27H38O2S2Si. The van der Waals surface area contributed by atoms with E-state index in [1.807, 2.05) is 0 Å². The first kappa shape index (κ1) is 25.1. The smallest absolute Gasteiger partial charge is 0.146 e. The third-order valence-electron chi connectivity index (χ3n) is 5.35. The molecule has 0 aliphatic rings. The second-order valence-corrected chi connectivity index (χ2v) is 16.2. The first-order chi connectivity index (χ1) is 15.4. The molecule has 2 nitrogen and oxygen atoms in total. The molecule has 0 saturated heterocycles. The van der Waals surface area contributed by atoms with Crippen molar-refractivity contribution in [3.05, 3.63) is 22.4 Å². The van der Waals surface area contributed by atoms with E-state index in [1.165, 1.54) is 58.7 Å². The van der Waals surface area contributed by atoms with Crippen LogP contribution < -0.4 is 9.47 Å². The van der Waals surface area contributed by atoms with E-state index in [1.54, 1.807) is 22.7 Å². The molecule has 0 N–H and O–H groups in total. The lowest BCUT2D eigenvalue weighted by Gasteiger charge is -2.13. The van der Waals surface area contributed by atoms with Gasteiger partial charge in [-0.1, -0.05) is 77.9 Å². The van der Waals surface area contributed by atoms with Crippen LogP contribution in [0.2, 0.25) is 19.6 Å². The summed E-state index contributed by atoms with van der Waals surface area (Å²) in [6.07, 6.45) is 9.68. The quantitative estimate of drug-likeness (QED) is 0.144. The fourth-order valence-electron chi connectivity index (χ4n) is 3.64. The zero-order chi connectivity index (χ0) is 23.0. The number of unbranched alkanes of at least 4 members (excludes halogenated alkanes) is 6. The first-order valence-corrected chi connectivity index (χ1v) is 17.4. The molecule has 3 aromatic rings. The van der Waals surface area contributed by atoms with E-state index < -0.39 is 8.07 Å². The van der Waals surface area contributed by atoms with Gasteiger partial charge in [-0.3, -0.25) is 0 Å². The second kappa shape index (κ2) is 12.1. The van der Waals surface area contributed by atoms with Gasteiger partial charge in [-0.25, -0.2) is 0 Å². The highest BCUT2D eigenvalue weighted by atomic mass is 32.1. The van der Waals surface area contributed by atoms with Crippen LogP contribution in [-0.2, 0) is 0 Å². The minimum Gasteiger partial charge on any atom is -0.491 e. The minimum atomic E-state index is -1.43. The van der Waals surface area contributed by atoms with Crippen LogP contribution in [0, 0.1) is 11.5 Å². The molecule has 0 radical (unpaired) electrons. The number of hydrogen-bond donors (Lipinski definition) is 0. The molecular weight excluding hydrogens is 449 g/mol. The van der Waals surface area contributed by atoms with Gasteiger partial charge in [-0.15, -0.1) is 28.2 Å². The van der Waals surface area contributed by atoms with Gasteiger partial charge in [0.05, 0.1) is 27.5 Å². The largest absolute Gasteiger partial charge is 0.491 e. The Bertz CT molecular complexity index is 997. The third-order valence-corrected chi connectivity index (χ3v) is 8.19. The van der Waals surface area contributed by atoms with E-state index in [-0.39, 0.29) is 0 Å². The zero-order valence-corrected chi connectivity index (χ0v) is 23.1. The van der Waals surface area contributed by atoms with Crippen LogP contribution in [-0.4, -0.2) is 21.3 Å². The van der Waals surface area contributed by atoms with Crippen molar-refractivity contribution in [2.24, 2.45) is 0 Å². The minimum absolute atomic E-state index is 0.769. The molecule has 0 unspecified atom stereocenters. The lowest BCUT2D eigenvalue weighted by Crippen LogP contribution is -2.16. The molecule has 0 aliphatic carbocycles. The Labute approximate surface area is 203 Å². The lowest BCUT2D eigenvalue weighted by atomic mass is 10.1. The number of hydrogen-bond acceptors (Lipinski definition) is 4. The summed E-state index contributed by atoms with van der Waals surface area (Å²) in [5, 5.41) is 4.52. The molecule has 0 aliphatic heterocycles. The topological polar surface area (TPSA) is 18.5 Å². The maximum absolute atomic E-state index is 6.43. The molecule has 2 aromatic heterocycles. The van der Waals surface area contributed by atoms with E-state index in [0.717, 1.165) is 42.4 Å².